The maximum absolute atomic E-state index is 11.1. The minimum absolute atomic E-state index is 0. The molecule has 8 fully saturated rings. The van der Waals surface area contributed by atoms with Gasteiger partial charge in [-0.1, -0.05) is 182 Å². The standard InChI is InChI=1S/2C33H55NO5.2C6H12N2.2Li.2H2O.2Pt/c2*1-22(2)7-6-8-23(3)27-11-12-28-26-10-9-24-19-25(39-18-17-34(20-30(35)36)21-31(37)38)13-15-32(24,4)29(26)14-16-33(27,28)5;2*7-5-3-1-2-4-6(5)8;;;;;;/h2*9,22-23,25-29H,6-8,10-21H2,1-5H3,(H,35,36)(H,37,38);2*5-8H,1-4H2;;;2*1H2;;/q;;2*-2;2*+1;;;;+2/p-3/t2*23-,25+,26?,27-,28?,29?,32+,33-;2*5-,6-;;;;;;/m1111....../s1. The Balaban J connectivity index is 0.000000775. The van der Waals surface area contributed by atoms with Gasteiger partial charge >= 0.3 is 64.8 Å². The number of ether oxygens (including phenoxy) is 2. The van der Waals surface area contributed by atoms with Crippen molar-refractivity contribution in [3.63, 3.8) is 0 Å². The van der Waals surface area contributed by atoms with Crippen LogP contribution in [-0.4, -0.2) is 139 Å². The Bertz CT molecular complexity index is 2280. The summed E-state index contributed by atoms with van der Waals surface area (Å²) in [5.74, 6) is 5.08. The van der Waals surface area contributed by atoms with E-state index in [-0.39, 0.29) is 164 Å². The van der Waals surface area contributed by atoms with Gasteiger partial charge in [0.25, 0.3) is 0 Å². The van der Waals surface area contributed by atoms with Gasteiger partial charge in [-0.3, -0.25) is 14.6 Å². The number of aliphatic carboxylic acids is 4. The maximum atomic E-state index is 11.1. The summed E-state index contributed by atoms with van der Waals surface area (Å²) in [6.07, 6.45) is 42.0. The number of nitrogens with one attached hydrogen (secondary N) is 4. The van der Waals surface area contributed by atoms with Crippen LogP contribution in [0.4, 0.5) is 0 Å². The number of rotatable bonds is 26. The Morgan fingerprint density at radius 3 is 1.13 bits per heavy atom. The SMILES string of the molecule is CC(C)CCC[C@@H](C)[C@H]1CCC2C3CC=C4C[C@@H](OCCN(CC(=O)[O-])CC(=O)O)CC[C@]4(C)C3CC[C@@]21C.CC(C)CCC[C@@H](C)[C@H]1CCC2C3CC=C4C[C@@H](OCCN(CC(=O)[O-])CC(=O)[O-])CC[C@]4(C)C3CC[C@@]21C.O.O.[Li+].[Li+].[NH-][C@@H]1CCCC[C@H]1[NH-].[NH-][C@@H]1CCCC[C@H]1[NH-].[Pt+2].[Pt]. The van der Waals surface area contributed by atoms with Crippen LogP contribution < -0.4 is 53.0 Å². The molecule has 18 nitrogen and oxygen atoms in total. The van der Waals surface area contributed by atoms with Crippen LogP contribution in [0.3, 0.4) is 0 Å². The Morgan fingerprint density at radius 1 is 0.500 bits per heavy atom. The molecule has 6 unspecified atom stereocenters. The summed E-state index contributed by atoms with van der Waals surface area (Å²) < 4.78 is 12.4. The summed E-state index contributed by atoms with van der Waals surface area (Å²) in [4.78, 5) is 46.6. The van der Waals surface area contributed by atoms with Crippen molar-refractivity contribution in [2.45, 2.75) is 298 Å². The Morgan fingerprint density at radius 2 is 0.830 bits per heavy atom. The first kappa shape index (κ1) is 97.5. The average molecular weight is 1750 g/mol. The van der Waals surface area contributed by atoms with Gasteiger partial charge in [0.2, 0.25) is 0 Å². The fraction of sp³-hybridized carbons (Fsp3) is 0.897. The third-order valence-corrected chi connectivity index (χ3v) is 27.0. The fourth-order valence-electron chi connectivity index (χ4n) is 21.7. The van der Waals surface area contributed by atoms with E-state index in [2.05, 4.69) is 81.4 Å². The van der Waals surface area contributed by atoms with Gasteiger partial charge in [-0.25, -0.2) is 0 Å². The van der Waals surface area contributed by atoms with Gasteiger partial charge in [0.05, 0.1) is 49.9 Å². The van der Waals surface area contributed by atoms with Crippen LogP contribution in [0.5, 0.6) is 0 Å². The van der Waals surface area contributed by atoms with E-state index < -0.39 is 37.0 Å². The molecule has 9 N–H and O–H groups in total. The second-order valence-electron chi connectivity index (χ2n) is 34.0. The van der Waals surface area contributed by atoms with Gasteiger partial charge in [-0.2, -0.15) is 24.2 Å². The van der Waals surface area contributed by atoms with Gasteiger partial charge in [-0.15, -0.1) is 0 Å². The number of carboxylic acids is 4. The quantitative estimate of drug-likeness (QED) is 0.0681. The van der Waals surface area contributed by atoms with Crippen molar-refractivity contribution >= 4 is 23.9 Å². The largest absolute Gasteiger partial charge is 2.00 e. The van der Waals surface area contributed by atoms with Gasteiger partial charge in [-0.05, 0) is 195 Å². The number of hydrogen-bond donors (Lipinski definition) is 1. The van der Waals surface area contributed by atoms with Gasteiger partial charge in [0.15, 0.2) is 0 Å². The number of fused-ring (bicyclic) bond motifs is 10. The number of allylic oxidation sites excluding steroid dienone is 2. The van der Waals surface area contributed by atoms with Gasteiger partial charge < -0.3 is 78.2 Å². The topological polar surface area (TPSA) is 341 Å². The van der Waals surface area contributed by atoms with Gasteiger partial charge in [0, 0.05) is 53.8 Å². The molecule has 574 valence electrons. The number of carbonyl (C=O) groups is 4. The Hall–Kier alpha value is -0.469. The molecule has 0 aromatic rings. The Labute approximate surface area is 658 Å². The van der Waals surface area contributed by atoms with E-state index in [1.807, 2.05) is 0 Å². The predicted octanol–water partition coefficient (Wildman–Crippen LogP) is 6.92. The van der Waals surface area contributed by atoms with Crippen LogP contribution in [0.25, 0.3) is 22.9 Å². The minimum atomic E-state index is -1.29. The average Bonchev–Trinajstić information content (AvgIpc) is 1.38. The zero-order valence-electron chi connectivity index (χ0n) is 64.1. The van der Waals surface area contributed by atoms with E-state index in [0.717, 1.165) is 135 Å². The molecule has 0 heterocycles. The molecule has 10 rings (SSSR count). The van der Waals surface area contributed by atoms with Gasteiger partial charge in [0.1, 0.15) is 0 Å². The molecule has 20 atom stereocenters. The predicted molar refractivity (Wildman–Crippen MR) is 378 cm³/mol. The summed E-state index contributed by atoms with van der Waals surface area (Å²) >= 11 is 0. The summed E-state index contributed by atoms with van der Waals surface area (Å²) in [6.45, 7) is 24.5. The van der Waals surface area contributed by atoms with Crippen LogP contribution >= 0.6 is 0 Å². The third-order valence-electron chi connectivity index (χ3n) is 27.0. The monoisotopic (exact) mass is 1750 g/mol. The molecule has 0 radical (unpaired) electrons. The second kappa shape index (κ2) is 45.5. The van der Waals surface area contributed by atoms with Crippen molar-refractivity contribution in [2.75, 3.05) is 52.5 Å². The zero-order chi connectivity index (χ0) is 68.7. The maximum Gasteiger partial charge on any atom is 2.00 e. The van der Waals surface area contributed by atoms with E-state index in [0.29, 0.717) is 24.0 Å². The molecule has 10 aliphatic rings. The van der Waals surface area contributed by atoms with Crippen molar-refractivity contribution < 1.29 is 140 Å². The van der Waals surface area contributed by atoms with Crippen molar-refractivity contribution in [3.05, 3.63) is 46.2 Å². The molecule has 0 aromatic carbocycles. The first-order chi connectivity index (χ1) is 44.5. The smallest absolute Gasteiger partial charge is 0.676 e. The molecule has 0 amide bonds. The van der Waals surface area contributed by atoms with Crippen LogP contribution in [0.2, 0.25) is 0 Å². The van der Waals surface area contributed by atoms with E-state index in [9.17, 15) is 34.5 Å². The van der Waals surface area contributed by atoms with E-state index in [1.165, 1.54) is 138 Å². The summed E-state index contributed by atoms with van der Waals surface area (Å²) in [5.41, 5.74) is 33.9. The van der Waals surface area contributed by atoms with Crippen LogP contribution in [0.1, 0.15) is 262 Å². The third kappa shape index (κ3) is 26.4. The molecule has 22 heteroatoms. The second-order valence-corrected chi connectivity index (χ2v) is 34.0. The molecule has 0 bridgehead atoms. The molecular weight excluding hydrogens is 1620 g/mol. The summed E-state index contributed by atoms with van der Waals surface area (Å²) in [7, 11) is 0. The number of carboxylic acid groups (broad SMARTS) is 4. The molecule has 0 spiro atoms. The molecule has 0 saturated heterocycles. The number of carbonyl (C=O) groups excluding carboxylic acids is 3. The number of nitrogens with zero attached hydrogens (tertiary/aromatic N) is 2. The zero-order valence-corrected chi connectivity index (χ0v) is 68.6. The first-order valence-electron chi connectivity index (χ1n) is 38.2. The van der Waals surface area contributed by atoms with Crippen molar-refractivity contribution in [1.82, 2.24) is 9.80 Å². The normalized spacial score (nSPS) is 35.0. The number of hydrogen-bond acceptors (Lipinski definition) is 11. The molecule has 0 aliphatic heterocycles. The van der Waals surface area contributed by atoms with Crippen molar-refractivity contribution in [3.8, 4) is 0 Å². The van der Waals surface area contributed by atoms with E-state index in [1.54, 1.807) is 11.1 Å². The van der Waals surface area contributed by atoms with E-state index >= 15 is 0 Å². The minimum Gasteiger partial charge on any atom is -0.676 e. The van der Waals surface area contributed by atoms with Crippen LogP contribution in [0.15, 0.2) is 23.3 Å². The molecule has 10 aliphatic carbocycles. The van der Waals surface area contributed by atoms with Crippen molar-refractivity contribution in [1.29, 1.82) is 0 Å². The fourth-order valence-corrected chi connectivity index (χ4v) is 21.7. The summed E-state index contributed by atoms with van der Waals surface area (Å²) in [6, 6.07) is -0.319. The van der Waals surface area contributed by atoms with E-state index in [4.69, 9.17) is 37.5 Å². The molecule has 100 heavy (non-hydrogen) atoms. The Kier molecular flexibility index (Phi) is 44.4. The first-order valence-corrected chi connectivity index (χ1v) is 38.2. The molecular formula is C78H135Li2N6O12Pt2-3. The summed E-state index contributed by atoms with van der Waals surface area (Å²) in [5, 5.41) is 41.9. The molecule has 8 saturated carbocycles. The van der Waals surface area contributed by atoms with Crippen LogP contribution in [-0.2, 0) is 70.8 Å². The molecule has 0 aromatic heterocycles. The van der Waals surface area contributed by atoms with Crippen LogP contribution in [0, 0.1) is 92.7 Å². The van der Waals surface area contributed by atoms with Crippen molar-refractivity contribution in [2.24, 2.45) is 92.7 Å².